The molecule has 0 atom stereocenters. The second-order valence-corrected chi connectivity index (χ2v) is 8.07. The van der Waals surface area contributed by atoms with Crippen molar-refractivity contribution in [3.05, 3.63) is 69.5 Å². The van der Waals surface area contributed by atoms with E-state index in [1.165, 1.54) is 35.8 Å². The van der Waals surface area contributed by atoms with Crippen LogP contribution in [0.25, 0.3) is 21.3 Å². The summed E-state index contributed by atoms with van der Waals surface area (Å²) in [5, 5.41) is 13.7. The molecule has 2 heterocycles. The van der Waals surface area contributed by atoms with Gasteiger partial charge in [-0.2, -0.15) is 0 Å². The highest BCUT2D eigenvalue weighted by atomic mass is 32.1. The van der Waals surface area contributed by atoms with Crippen molar-refractivity contribution >= 4 is 49.8 Å². The summed E-state index contributed by atoms with van der Waals surface area (Å²) >= 11 is 2.10. The van der Waals surface area contributed by atoms with Gasteiger partial charge in [0.2, 0.25) is 0 Å². The van der Waals surface area contributed by atoms with E-state index in [0.717, 1.165) is 16.0 Å². The van der Waals surface area contributed by atoms with Gasteiger partial charge in [0.25, 0.3) is 5.91 Å². The number of fused-ring (bicyclic) bond motifs is 1. The van der Waals surface area contributed by atoms with Gasteiger partial charge in [-0.1, -0.05) is 24.3 Å². The van der Waals surface area contributed by atoms with Crippen LogP contribution in [0.3, 0.4) is 0 Å². The van der Waals surface area contributed by atoms with Crippen LogP contribution < -0.4 is 5.32 Å². The number of nitrogens with one attached hydrogen (secondary N) is 1. The molecule has 9 heteroatoms. The number of para-hydroxylation sites is 1. The second-order valence-electron chi connectivity index (χ2n) is 6.16. The fourth-order valence-electron chi connectivity index (χ4n) is 2.84. The molecule has 0 fully saturated rings. The molecular weight excluding hydrogens is 418 g/mol. The predicted octanol–water partition coefficient (Wildman–Crippen LogP) is 5.56. The summed E-state index contributed by atoms with van der Waals surface area (Å²) in [6.07, 6.45) is 0. The van der Waals surface area contributed by atoms with Gasteiger partial charge in [-0.05, 0) is 24.6 Å². The topological polar surface area (TPSA) is 79.3 Å². The molecule has 0 radical (unpaired) electrons. The number of halogens is 2. The molecule has 0 bridgehead atoms. The largest absolute Gasteiger partial charge is 0.478 e. The van der Waals surface area contributed by atoms with Crippen LogP contribution in [0, 0.1) is 18.6 Å². The number of carbonyl (C=O) groups excluding carboxylic acids is 1. The Kier molecular flexibility index (Phi) is 4.85. The number of anilines is 1. The Morgan fingerprint density at radius 2 is 1.83 bits per heavy atom. The first-order valence-corrected chi connectivity index (χ1v) is 10.0. The number of aromatic nitrogens is 1. The number of thiazole rings is 1. The molecule has 0 aliphatic heterocycles. The minimum absolute atomic E-state index is 0.00139. The van der Waals surface area contributed by atoms with Gasteiger partial charge < -0.3 is 10.4 Å². The number of hydrogen-bond donors (Lipinski definition) is 2. The molecule has 2 aromatic carbocycles. The summed E-state index contributed by atoms with van der Waals surface area (Å²) in [7, 11) is 0. The molecule has 0 saturated heterocycles. The Morgan fingerprint density at radius 1 is 1.07 bits per heavy atom. The van der Waals surface area contributed by atoms with Crippen LogP contribution in [0.2, 0.25) is 0 Å². The zero-order valence-corrected chi connectivity index (χ0v) is 16.5. The van der Waals surface area contributed by atoms with Crippen molar-refractivity contribution in [1.29, 1.82) is 0 Å². The summed E-state index contributed by atoms with van der Waals surface area (Å²) in [4.78, 5) is 28.6. The van der Waals surface area contributed by atoms with Crippen molar-refractivity contribution in [2.24, 2.45) is 0 Å². The van der Waals surface area contributed by atoms with Crippen molar-refractivity contribution in [3.8, 4) is 11.1 Å². The van der Waals surface area contributed by atoms with Crippen LogP contribution in [-0.2, 0) is 0 Å². The van der Waals surface area contributed by atoms with Gasteiger partial charge in [-0.25, -0.2) is 18.6 Å². The summed E-state index contributed by atoms with van der Waals surface area (Å²) in [5.41, 5.74) is 0.292. The third kappa shape index (κ3) is 3.39. The summed E-state index contributed by atoms with van der Waals surface area (Å²) in [5.74, 6) is -4.10. The lowest BCUT2D eigenvalue weighted by Gasteiger charge is -2.07. The molecular formula is C20H12F2N2O3S2. The zero-order valence-electron chi connectivity index (χ0n) is 14.8. The van der Waals surface area contributed by atoms with Crippen molar-refractivity contribution < 1.29 is 23.5 Å². The Hall–Kier alpha value is -3.17. The van der Waals surface area contributed by atoms with E-state index in [9.17, 15) is 23.5 Å². The Labute approximate surface area is 171 Å². The third-order valence-corrected chi connectivity index (χ3v) is 6.22. The van der Waals surface area contributed by atoms with E-state index in [0.29, 0.717) is 5.52 Å². The van der Waals surface area contributed by atoms with E-state index in [-0.39, 0.29) is 32.3 Å². The fourth-order valence-corrected chi connectivity index (χ4v) is 4.65. The van der Waals surface area contributed by atoms with E-state index < -0.39 is 23.5 Å². The SMILES string of the molecule is Cc1ccc(-c2csc(NC(=O)c3nc4ccccc4s3)c2C(=O)O)c(F)c1F. The van der Waals surface area contributed by atoms with Crippen LogP contribution in [0.15, 0.2) is 41.8 Å². The number of benzene rings is 2. The van der Waals surface area contributed by atoms with E-state index in [1.54, 1.807) is 12.1 Å². The van der Waals surface area contributed by atoms with Crippen LogP contribution in [0.1, 0.15) is 25.7 Å². The number of amides is 1. The quantitative estimate of drug-likeness (QED) is 0.444. The third-order valence-electron chi connectivity index (χ3n) is 4.29. The number of rotatable bonds is 4. The minimum atomic E-state index is -1.36. The van der Waals surface area contributed by atoms with Crippen molar-refractivity contribution in [2.45, 2.75) is 6.92 Å². The Balaban J connectivity index is 1.73. The lowest BCUT2D eigenvalue weighted by atomic mass is 10.0. The molecule has 2 aromatic heterocycles. The highest BCUT2D eigenvalue weighted by molar-refractivity contribution is 7.20. The van der Waals surface area contributed by atoms with Crippen LogP contribution in [0.4, 0.5) is 13.8 Å². The molecule has 0 saturated carbocycles. The van der Waals surface area contributed by atoms with E-state index in [2.05, 4.69) is 10.3 Å². The van der Waals surface area contributed by atoms with Gasteiger partial charge >= 0.3 is 5.97 Å². The van der Waals surface area contributed by atoms with Gasteiger partial charge in [0, 0.05) is 16.5 Å². The molecule has 1 amide bonds. The lowest BCUT2D eigenvalue weighted by Crippen LogP contribution is -2.13. The van der Waals surface area contributed by atoms with Gasteiger partial charge in [0.15, 0.2) is 16.6 Å². The fraction of sp³-hybridized carbons (Fsp3) is 0.0500. The monoisotopic (exact) mass is 430 g/mol. The molecule has 146 valence electrons. The summed E-state index contributed by atoms with van der Waals surface area (Å²) in [6, 6.07) is 9.91. The second kappa shape index (κ2) is 7.34. The van der Waals surface area contributed by atoms with Crippen LogP contribution in [0.5, 0.6) is 0 Å². The van der Waals surface area contributed by atoms with Gasteiger partial charge in [-0.15, -0.1) is 22.7 Å². The first-order valence-electron chi connectivity index (χ1n) is 8.33. The van der Waals surface area contributed by atoms with Crippen LogP contribution in [-0.4, -0.2) is 22.0 Å². The van der Waals surface area contributed by atoms with Crippen LogP contribution >= 0.6 is 22.7 Å². The maximum Gasteiger partial charge on any atom is 0.339 e. The number of hydrogen-bond acceptors (Lipinski definition) is 5. The standard InChI is InChI=1S/C20H12F2N2O3S2/c1-9-6-7-10(16(22)15(9)21)11-8-28-18(14(11)20(26)27)24-17(25)19-23-12-4-2-3-5-13(12)29-19/h2-8H,1H3,(H,24,25)(H,26,27). The summed E-state index contributed by atoms with van der Waals surface area (Å²) in [6.45, 7) is 1.41. The highest BCUT2D eigenvalue weighted by Crippen LogP contribution is 2.38. The van der Waals surface area contributed by atoms with Gasteiger partial charge in [0.05, 0.1) is 10.2 Å². The first kappa shape index (κ1) is 19.2. The van der Waals surface area contributed by atoms with Gasteiger partial charge in [-0.3, -0.25) is 4.79 Å². The molecule has 5 nitrogen and oxygen atoms in total. The van der Waals surface area contributed by atoms with E-state index in [4.69, 9.17) is 0 Å². The molecule has 0 aliphatic rings. The zero-order chi connectivity index (χ0) is 20.7. The number of carboxylic acids is 1. The van der Waals surface area contributed by atoms with Gasteiger partial charge in [0.1, 0.15) is 10.6 Å². The van der Waals surface area contributed by atoms with Crippen molar-refractivity contribution in [1.82, 2.24) is 4.98 Å². The Morgan fingerprint density at radius 3 is 2.55 bits per heavy atom. The molecule has 0 unspecified atom stereocenters. The lowest BCUT2D eigenvalue weighted by molar-refractivity contribution is 0.0699. The summed E-state index contributed by atoms with van der Waals surface area (Å²) < 4.78 is 29.2. The van der Waals surface area contributed by atoms with Crippen molar-refractivity contribution in [2.75, 3.05) is 5.32 Å². The minimum Gasteiger partial charge on any atom is -0.478 e. The molecule has 0 spiro atoms. The molecule has 29 heavy (non-hydrogen) atoms. The van der Waals surface area contributed by atoms with E-state index in [1.807, 2.05) is 12.1 Å². The first-order chi connectivity index (χ1) is 13.9. The number of thiophene rings is 1. The van der Waals surface area contributed by atoms with E-state index >= 15 is 0 Å². The molecule has 2 N–H and O–H groups in total. The number of carboxylic acid groups (broad SMARTS) is 1. The predicted molar refractivity (Wildman–Crippen MR) is 109 cm³/mol. The Bertz CT molecular complexity index is 1250. The number of aryl methyl sites for hydroxylation is 1. The number of nitrogens with zero attached hydrogens (tertiary/aromatic N) is 1. The normalized spacial score (nSPS) is 11.0. The molecule has 4 aromatic rings. The maximum absolute atomic E-state index is 14.4. The molecule has 4 rings (SSSR count). The highest BCUT2D eigenvalue weighted by Gasteiger charge is 2.25. The maximum atomic E-state index is 14.4. The van der Waals surface area contributed by atoms with Crippen molar-refractivity contribution in [3.63, 3.8) is 0 Å². The number of carbonyl (C=O) groups is 2. The molecule has 0 aliphatic carbocycles. The smallest absolute Gasteiger partial charge is 0.339 e. The average Bonchev–Trinajstić information content (AvgIpc) is 3.30. The number of aromatic carboxylic acids is 1. The average molecular weight is 430 g/mol.